The highest BCUT2D eigenvalue weighted by atomic mass is 35.5. The summed E-state index contributed by atoms with van der Waals surface area (Å²) in [4.78, 5) is 32.6. The summed E-state index contributed by atoms with van der Waals surface area (Å²) in [6.07, 6.45) is 8.49. The van der Waals surface area contributed by atoms with Crippen molar-refractivity contribution in [1.29, 1.82) is 0 Å². The van der Waals surface area contributed by atoms with E-state index in [4.69, 9.17) is 55.9 Å². The highest BCUT2D eigenvalue weighted by molar-refractivity contribution is 6.34. The lowest BCUT2D eigenvalue weighted by molar-refractivity contribution is -0.0521. The van der Waals surface area contributed by atoms with Gasteiger partial charge in [-0.1, -0.05) is 46.4 Å². The minimum atomic E-state index is -3.02. The van der Waals surface area contributed by atoms with Gasteiger partial charge in [0.05, 0.1) is 58.1 Å². The molecule has 4 aromatic rings. The van der Waals surface area contributed by atoms with Gasteiger partial charge in [0.1, 0.15) is 10.7 Å². The van der Waals surface area contributed by atoms with Gasteiger partial charge in [-0.2, -0.15) is 27.0 Å². The molecule has 2 aromatic carbocycles. The first kappa shape index (κ1) is 43.1. The van der Waals surface area contributed by atoms with E-state index in [0.717, 1.165) is 50.5 Å². The van der Waals surface area contributed by atoms with Crippen LogP contribution in [-0.4, -0.2) is 63.6 Å². The second-order valence-corrected chi connectivity index (χ2v) is 13.4. The van der Waals surface area contributed by atoms with E-state index in [0.29, 0.717) is 34.5 Å². The Morgan fingerprint density at radius 2 is 0.964 bits per heavy atom. The molecule has 0 saturated heterocycles. The molecule has 0 aliphatic heterocycles. The number of benzene rings is 2. The van der Waals surface area contributed by atoms with Gasteiger partial charge in [0, 0.05) is 11.1 Å². The first-order valence-corrected chi connectivity index (χ1v) is 17.3. The summed E-state index contributed by atoms with van der Waals surface area (Å²) in [5.41, 5.74) is 0.158. The van der Waals surface area contributed by atoms with Gasteiger partial charge in [0.15, 0.2) is 23.0 Å². The number of aromatic nitrogens is 2. The Morgan fingerprint density at radius 1 is 0.636 bits per heavy atom. The molecule has 2 aliphatic carbocycles. The van der Waals surface area contributed by atoms with Crippen molar-refractivity contribution in [2.75, 3.05) is 13.2 Å². The molecule has 0 unspecified atom stereocenters. The first-order chi connectivity index (χ1) is 25.7. The number of hydrogen-bond acceptors (Lipinski definition) is 8. The Morgan fingerprint density at radius 3 is 1.25 bits per heavy atom. The molecule has 0 spiro atoms. The lowest BCUT2D eigenvalue weighted by Gasteiger charge is -2.12. The third-order valence-corrected chi connectivity index (χ3v) is 8.58. The zero-order valence-electron chi connectivity index (χ0n) is 28.0. The van der Waals surface area contributed by atoms with Crippen LogP contribution in [0.15, 0.2) is 71.2 Å². The lowest BCUT2D eigenvalue weighted by Crippen LogP contribution is -2.13. The van der Waals surface area contributed by atoms with Gasteiger partial charge in [0.2, 0.25) is 0 Å². The number of carbonyl (C=O) groups is 2. The molecule has 4 N–H and O–H groups in total. The van der Waals surface area contributed by atoms with E-state index in [2.05, 4.69) is 19.5 Å². The largest absolute Gasteiger partial charge is 0.489 e. The van der Waals surface area contributed by atoms with E-state index >= 15 is 0 Å². The number of rotatable bonds is 12. The maximum atomic E-state index is 12.6. The first-order valence-electron chi connectivity index (χ1n) is 15.8. The van der Waals surface area contributed by atoms with E-state index in [-0.39, 0.29) is 70.4 Å². The fourth-order valence-corrected chi connectivity index (χ4v) is 5.51. The molecule has 55 heavy (non-hydrogen) atoms. The molecule has 0 bridgehead atoms. The fourth-order valence-electron chi connectivity index (χ4n) is 4.44. The van der Waals surface area contributed by atoms with Gasteiger partial charge in [-0.15, -0.1) is 0 Å². The smallest absolute Gasteiger partial charge is 0.387 e. The summed E-state index contributed by atoms with van der Waals surface area (Å²) in [5.74, 6) is -0.952. The monoisotopic (exact) mass is 854 g/mol. The van der Waals surface area contributed by atoms with Crippen LogP contribution in [-0.2, 0) is 0 Å². The Kier molecular flexibility index (Phi) is 15.1. The number of nitrogens with zero attached hydrogens (tertiary/aromatic N) is 4. The summed E-state index contributed by atoms with van der Waals surface area (Å²) >= 11 is 23.7. The zero-order valence-corrected chi connectivity index (χ0v) is 31.0. The summed E-state index contributed by atoms with van der Waals surface area (Å²) < 4.78 is 71.4. The lowest BCUT2D eigenvalue weighted by atomic mass is 10.2. The van der Waals surface area contributed by atoms with Crippen molar-refractivity contribution >= 4 is 58.2 Å². The molecule has 296 valence electrons. The second-order valence-electron chi connectivity index (χ2n) is 11.8. The maximum absolute atomic E-state index is 12.6. The average Bonchev–Trinajstić information content (AvgIpc) is 4.03. The second kappa shape index (κ2) is 19.3. The van der Waals surface area contributed by atoms with E-state index in [9.17, 15) is 37.6 Å². The molecule has 2 aliphatic rings. The molecule has 2 aromatic heterocycles. The van der Waals surface area contributed by atoms with E-state index in [1.54, 1.807) is 0 Å². The highest BCUT2D eigenvalue weighted by Gasteiger charge is 2.25. The number of ether oxygens (including phenoxy) is 4. The Bertz CT molecular complexity index is 1960. The summed E-state index contributed by atoms with van der Waals surface area (Å²) in [6.45, 7) is -5.35. The molecule has 2 fully saturated rings. The molecule has 13 nitrogen and oxygen atoms in total. The van der Waals surface area contributed by atoms with Crippen LogP contribution in [0.4, 0.5) is 17.6 Å². The molecular weight excluding hydrogens is 826 g/mol. The van der Waals surface area contributed by atoms with Crippen LogP contribution in [0.1, 0.15) is 46.4 Å². The molecule has 21 heteroatoms. The highest BCUT2D eigenvalue weighted by Crippen LogP contribution is 2.35. The summed E-state index contributed by atoms with van der Waals surface area (Å²) in [7, 11) is 0. The van der Waals surface area contributed by atoms with Gasteiger partial charge >= 0.3 is 13.2 Å². The van der Waals surface area contributed by atoms with Crippen molar-refractivity contribution in [2.45, 2.75) is 38.9 Å². The molecule has 0 radical (unpaired) electrons. The molecule has 2 saturated carbocycles. The van der Waals surface area contributed by atoms with Crippen molar-refractivity contribution in [3.05, 3.63) is 103 Å². The number of pyridine rings is 2. The molecule has 2 heterocycles. The van der Waals surface area contributed by atoms with Gasteiger partial charge in [-0.3, -0.25) is 9.59 Å². The van der Waals surface area contributed by atoms with Crippen molar-refractivity contribution in [2.24, 2.45) is 21.8 Å². The van der Waals surface area contributed by atoms with Crippen LogP contribution in [0.5, 0.6) is 23.0 Å². The van der Waals surface area contributed by atoms with Crippen LogP contribution < -0.4 is 29.7 Å². The van der Waals surface area contributed by atoms with Crippen molar-refractivity contribution in [1.82, 2.24) is 9.46 Å². The Balaban J connectivity index is 0.000000240. The number of carbonyl (C=O) groups excluding carboxylic acids is 2. The average molecular weight is 856 g/mol. The van der Waals surface area contributed by atoms with E-state index in [1.165, 1.54) is 36.4 Å². The van der Waals surface area contributed by atoms with Crippen molar-refractivity contribution in [3.63, 3.8) is 0 Å². The van der Waals surface area contributed by atoms with Gasteiger partial charge in [-0.25, -0.2) is 9.98 Å². The Labute approximate surface area is 328 Å². The van der Waals surface area contributed by atoms with Crippen LogP contribution >= 0.6 is 46.4 Å². The quantitative estimate of drug-likeness (QED) is 0.109. The van der Waals surface area contributed by atoms with E-state index in [1.807, 2.05) is 0 Å². The minimum Gasteiger partial charge on any atom is -0.489 e. The van der Waals surface area contributed by atoms with Crippen molar-refractivity contribution < 1.29 is 62.0 Å². The fraction of sp³-hybridized carbons (Fsp3) is 0.294. The number of halogens is 8. The molecule has 6 rings (SSSR count). The Hall–Kier alpha value is -4.68. The van der Waals surface area contributed by atoms with Gasteiger partial charge < -0.3 is 34.8 Å². The molecule has 0 atom stereocenters. The standard InChI is InChI=1S/2C17H14Cl2F2N2O4.H2O/c2*18-11-6-23(25)7-12(19)15(11)22-16(24)10-3-4-13(27-17(20)21)14(5-10)26-8-9-1-2-9;/h2*3-7,9,17,25H,1-2,8H2;1H2. The van der Waals surface area contributed by atoms with Crippen LogP contribution in [0.25, 0.3) is 0 Å². The van der Waals surface area contributed by atoms with E-state index < -0.39 is 25.0 Å². The maximum Gasteiger partial charge on any atom is 0.387 e. The predicted molar refractivity (Wildman–Crippen MR) is 189 cm³/mol. The summed E-state index contributed by atoms with van der Waals surface area (Å²) in [6, 6.07) is 7.56. The van der Waals surface area contributed by atoms with Gasteiger partial charge in [-0.05, 0) is 73.9 Å². The zero-order chi connectivity index (χ0) is 39.1. The number of alkyl halides is 4. The molecule has 2 amide bonds. The SMILES string of the molecule is O.O=C(N=c1c(Cl)cn(O)cc1Cl)c1ccc(OC(F)F)c(OCC2CC2)c1.O=C(N=c1c(Cl)cn(O)cc1Cl)c1ccc(OC(F)F)c(OCC2CC2)c1. The molecular formula is C34H30Cl4F4N4O9. The third-order valence-electron chi connectivity index (χ3n) is 7.47. The predicted octanol–water partition coefficient (Wildman–Crippen LogP) is 7.50. The van der Waals surface area contributed by atoms with Crippen LogP contribution in [0, 0.1) is 11.8 Å². The summed E-state index contributed by atoms with van der Waals surface area (Å²) in [5, 5.41) is 18.5. The topological polar surface area (TPSA) is 178 Å². The van der Waals surface area contributed by atoms with Crippen LogP contribution in [0.3, 0.4) is 0 Å². The minimum absolute atomic E-state index is 0. The van der Waals surface area contributed by atoms with Crippen molar-refractivity contribution in [3.8, 4) is 23.0 Å². The van der Waals surface area contributed by atoms with Crippen LogP contribution in [0.2, 0.25) is 20.1 Å². The third kappa shape index (κ3) is 12.7. The normalized spacial score (nSPS) is 13.3. The van der Waals surface area contributed by atoms with Gasteiger partial charge in [0.25, 0.3) is 11.8 Å². The number of hydrogen-bond donors (Lipinski definition) is 2. The number of amides is 2.